The molecule has 0 spiro atoms. The van der Waals surface area contributed by atoms with Crippen LogP contribution in [0, 0.1) is 0 Å². The van der Waals surface area contributed by atoms with Gasteiger partial charge in [-0.25, -0.2) is 4.98 Å². The van der Waals surface area contributed by atoms with Crippen molar-refractivity contribution < 1.29 is 19.1 Å². The standard InChI is InChI=1S/C22H22ClN5O4S/c1-28-5-4-14-18(9-28)33-22(27-14)21(31)26-17-10-32-19(29)8-15(17)25-20(30)16-7-11-6-12(23)2-3-13(11)24-16/h2-3,6-7,15,17,24H,4-5,8-10H2,1H3,(H,25,30)(H,26,31)/t15-,17+/m0/s1. The van der Waals surface area contributed by atoms with Crippen molar-refractivity contribution in [2.75, 3.05) is 20.2 Å². The maximum absolute atomic E-state index is 12.9. The predicted octanol–water partition coefficient (Wildman–Crippen LogP) is 2.11. The zero-order valence-corrected chi connectivity index (χ0v) is 19.4. The number of thiazole rings is 1. The van der Waals surface area contributed by atoms with Gasteiger partial charge in [0.2, 0.25) is 0 Å². The molecule has 0 unspecified atom stereocenters. The second kappa shape index (κ2) is 8.77. The van der Waals surface area contributed by atoms with Crippen LogP contribution in [-0.4, -0.2) is 64.9 Å². The lowest BCUT2D eigenvalue weighted by molar-refractivity contribution is -0.149. The summed E-state index contributed by atoms with van der Waals surface area (Å²) < 4.78 is 5.15. The average Bonchev–Trinajstić information content (AvgIpc) is 3.39. The number of fused-ring (bicyclic) bond motifs is 2. The number of H-pyrrole nitrogens is 1. The number of aromatic amines is 1. The van der Waals surface area contributed by atoms with Crippen molar-refractivity contribution in [3.8, 4) is 0 Å². The van der Waals surface area contributed by atoms with Gasteiger partial charge >= 0.3 is 5.97 Å². The Morgan fingerprint density at radius 2 is 2.06 bits per heavy atom. The number of ether oxygens (including phenoxy) is 1. The highest BCUT2D eigenvalue weighted by Gasteiger charge is 2.34. The molecule has 0 bridgehead atoms. The van der Waals surface area contributed by atoms with E-state index >= 15 is 0 Å². The molecule has 3 aromatic rings. The van der Waals surface area contributed by atoms with Crippen LogP contribution in [0.25, 0.3) is 10.9 Å². The number of halogens is 1. The Hall–Kier alpha value is -2.95. The van der Waals surface area contributed by atoms with E-state index in [-0.39, 0.29) is 24.8 Å². The van der Waals surface area contributed by atoms with Crippen LogP contribution in [-0.2, 0) is 22.5 Å². The maximum Gasteiger partial charge on any atom is 0.308 e. The number of likely N-dealkylation sites (N-methyl/N-ethyl adjacent to an activating group) is 1. The van der Waals surface area contributed by atoms with E-state index in [2.05, 4.69) is 25.5 Å². The van der Waals surface area contributed by atoms with E-state index in [0.29, 0.717) is 15.7 Å². The lowest BCUT2D eigenvalue weighted by Crippen LogP contribution is -2.57. The Morgan fingerprint density at radius 1 is 1.24 bits per heavy atom. The van der Waals surface area contributed by atoms with Crippen molar-refractivity contribution in [1.82, 2.24) is 25.5 Å². The van der Waals surface area contributed by atoms with Gasteiger partial charge in [-0.1, -0.05) is 11.6 Å². The minimum atomic E-state index is -0.613. The summed E-state index contributed by atoms with van der Waals surface area (Å²) in [7, 11) is 2.04. The molecule has 0 saturated carbocycles. The number of aromatic nitrogens is 2. The van der Waals surface area contributed by atoms with Gasteiger partial charge in [0.05, 0.1) is 24.2 Å². The third-order valence-electron chi connectivity index (χ3n) is 5.87. The first-order valence-corrected chi connectivity index (χ1v) is 11.8. The molecule has 1 fully saturated rings. The second-order valence-electron chi connectivity index (χ2n) is 8.34. The number of carbonyl (C=O) groups is 3. The molecule has 5 rings (SSSR count). The monoisotopic (exact) mass is 487 g/mol. The van der Waals surface area contributed by atoms with E-state index < -0.39 is 18.1 Å². The van der Waals surface area contributed by atoms with E-state index in [1.807, 2.05) is 7.05 Å². The minimum Gasteiger partial charge on any atom is -0.463 e. The first-order chi connectivity index (χ1) is 15.9. The zero-order chi connectivity index (χ0) is 23.1. The molecule has 11 heteroatoms. The van der Waals surface area contributed by atoms with Gasteiger partial charge in [-0.15, -0.1) is 11.3 Å². The summed E-state index contributed by atoms with van der Waals surface area (Å²) in [5, 5.41) is 7.51. The molecule has 2 amide bonds. The summed E-state index contributed by atoms with van der Waals surface area (Å²) in [5.74, 6) is -1.14. The highest BCUT2D eigenvalue weighted by Crippen LogP contribution is 2.25. The number of hydrogen-bond acceptors (Lipinski definition) is 7. The lowest BCUT2D eigenvalue weighted by Gasteiger charge is -2.31. The van der Waals surface area contributed by atoms with Gasteiger partial charge in [-0.3, -0.25) is 14.4 Å². The van der Waals surface area contributed by atoms with Gasteiger partial charge in [0.1, 0.15) is 12.3 Å². The average molecular weight is 488 g/mol. The minimum absolute atomic E-state index is 0.0222. The topological polar surface area (TPSA) is 116 Å². The molecule has 1 saturated heterocycles. The summed E-state index contributed by atoms with van der Waals surface area (Å²) >= 11 is 7.40. The number of carbonyl (C=O) groups excluding carboxylic acids is 3. The molecule has 0 aliphatic carbocycles. The molecular weight excluding hydrogens is 466 g/mol. The van der Waals surface area contributed by atoms with Gasteiger partial charge in [0, 0.05) is 40.3 Å². The summed E-state index contributed by atoms with van der Waals surface area (Å²) in [5.41, 5.74) is 2.07. The molecule has 172 valence electrons. The number of rotatable bonds is 4. The van der Waals surface area contributed by atoms with Gasteiger partial charge in [-0.2, -0.15) is 0 Å². The number of amides is 2. The van der Waals surface area contributed by atoms with E-state index in [1.54, 1.807) is 24.3 Å². The molecule has 4 heterocycles. The van der Waals surface area contributed by atoms with E-state index in [0.717, 1.165) is 41.0 Å². The van der Waals surface area contributed by atoms with Gasteiger partial charge < -0.3 is 25.3 Å². The molecule has 1 aromatic carbocycles. The summed E-state index contributed by atoms with van der Waals surface area (Å²) in [6.45, 7) is 1.66. The first kappa shape index (κ1) is 21.9. The van der Waals surface area contributed by atoms with Crippen molar-refractivity contribution >= 4 is 51.6 Å². The number of esters is 1. The molecule has 2 aliphatic heterocycles. The van der Waals surface area contributed by atoms with Crippen LogP contribution in [0.5, 0.6) is 0 Å². The summed E-state index contributed by atoms with van der Waals surface area (Å²) in [6.07, 6.45) is 0.771. The Kier molecular flexibility index (Phi) is 5.81. The normalized spacial score (nSPS) is 20.8. The fourth-order valence-corrected chi connectivity index (χ4v) is 5.37. The summed E-state index contributed by atoms with van der Waals surface area (Å²) in [4.78, 5) is 48.5. The van der Waals surface area contributed by atoms with Crippen LogP contribution in [0.4, 0.5) is 0 Å². The number of cyclic esters (lactones) is 1. The quantitative estimate of drug-likeness (QED) is 0.485. The maximum atomic E-state index is 12.9. The second-order valence-corrected chi connectivity index (χ2v) is 9.86. The van der Waals surface area contributed by atoms with E-state index in [1.165, 1.54) is 11.3 Å². The number of hydrogen-bond donors (Lipinski definition) is 3. The Labute approximate surface area is 198 Å². The third kappa shape index (κ3) is 4.59. The number of benzene rings is 1. The molecule has 3 N–H and O–H groups in total. The van der Waals surface area contributed by atoms with E-state index in [9.17, 15) is 14.4 Å². The van der Waals surface area contributed by atoms with Crippen LogP contribution >= 0.6 is 22.9 Å². The Balaban J connectivity index is 1.30. The highest BCUT2D eigenvalue weighted by atomic mass is 35.5. The fourth-order valence-electron chi connectivity index (χ4n) is 4.10. The molecular formula is C22H22ClN5O4S. The molecule has 2 atom stereocenters. The Bertz CT molecular complexity index is 1250. The van der Waals surface area contributed by atoms with Crippen molar-refractivity contribution in [3.63, 3.8) is 0 Å². The van der Waals surface area contributed by atoms with Crippen molar-refractivity contribution in [1.29, 1.82) is 0 Å². The van der Waals surface area contributed by atoms with Crippen LogP contribution in [0.1, 0.15) is 37.3 Å². The fraction of sp³-hybridized carbons (Fsp3) is 0.364. The van der Waals surface area contributed by atoms with E-state index in [4.69, 9.17) is 16.3 Å². The van der Waals surface area contributed by atoms with Crippen LogP contribution in [0.2, 0.25) is 5.02 Å². The molecule has 2 aliphatic rings. The molecule has 0 radical (unpaired) electrons. The zero-order valence-electron chi connectivity index (χ0n) is 17.8. The SMILES string of the molecule is CN1CCc2nc(C(=O)N[C@@H]3COC(=O)C[C@@H]3NC(=O)c3cc4cc(Cl)ccc4[nH]3)sc2C1. The summed E-state index contributed by atoms with van der Waals surface area (Å²) in [6, 6.07) is 5.80. The number of nitrogens with one attached hydrogen (secondary N) is 3. The van der Waals surface area contributed by atoms with Crippen molar-refractivity contribution in [2.45, 2.75) is 31.5 Å². The molecule has 9 nitrogen and oxygen atoms in total. The lowest BCUT2D eigenvalue weighted by atomic mass is 10.0. The predicted molar refractivity (Wildman–Crippen MR) is 124 cm³/mol. The first-order valence-electron chi connectivity index (χ1n) is 10.6. The van der Waals surface area contributed by atoms with Crippen LogP contribution < -0.4 is 10.6 Å². The van der Waals surface area contributed by atoms with Crippen molar-refractivity contribution in [3.05, 3.63) is 50.6 Å². The largest absolute Gasteiger partial charge is 0.463 e. The van der Waals surface area contributed by atoms with Crippen molar-refractivity contribution in [2.24, 2.45) is 0 Å². The number of nitrogens with zero attached hydrogens (tertiary/aromatic N) is 2. The van der Waals surface area contributed by atoms with Gasteiger partial charge in [-0.05, 0) is 31.3 Å². The molecule has 33 heavy (non-hydrogen) atoms. The van der Waals surface area contributed by atoms with Gasteiger partial charge in [0.25, 0.3) is 11.8 Å². The van der Waals surface area contributed by atoms with Crippen LogP contribution in [0.3, 0.4) is 0 Å². The molecule has 2 aromatic heterocycles. The Morgan fingerprint density at radius 3 is 2.91 bits per heavy atom. The smallest absolute Gasteiger partial charge is 0.308 e. The van der Waals surface area contributed by atoms with Gasteiger partial charge in [0.15, 0.2) is 5.01 Å². The highest BCUT2D eigenvalue weighted by molar-refractivity contribution is 7.13. The third-order valence-corrected chi connectivity index (χ3v) is 7.19. The van der Waals surface area contributed by atoms with Crippen LogP contribution in [0.15, 0.2) is 24.3 Å².